The monoisotopic (exact) mass is 164 g/mol. The van der Waals surface area contributed by atoms with E-state index in [2.05, 4.69) is 13.8 Å². The van der Waals surface area contributed by atoms with Gasteiger partial charge in [0.15, 0.2) is 5.78 Å². The Bertz CT molecular complexity index is 244. The summed E-state index contributed by atoms with van der Waals surface area (Å²) in [6, 6.07) is 0. The molecule has 1 rings (SSSR count). The SMILES string of the molecule is CC=CC1=CC(=O)CC(C)(C)C1. The first-order valence-electron chi connectivity index (χ1n) is 4.40. The molecule has 1 heteroatoms. The highest BCUT2D eigenvalue weighted by molar-refractivity contribution is 5.92. The second-order valence-electron chi connectivity index (χ2n) is 4.20. The molecule has 0 spiro atoms. The molecule has 0 aliphatic heterocycles. The number of allylic oxidation sites excluding steroid dienone is 4. The third-order valence-corrected chi connectivity index (χ3v) is 2.06. The Hall–Kier alpha value is -0.850. The summed E-state index contributed by atoms with van der Waals surface area (Å²) in [5.41, 5.74) is 1.32. The van der Waals surface area contributed by atoms with Crippen molar-refractivity contribution in [1.82, 2.24) is 0 Å². The highest BCUT2D eigenvalue weighted by atomic mass is 16.1. The van der Waals surface area contributed by atoms with Crippen LogP contribution in [0.5, 0.6) is 0 Å². The van der Waals surface area contributed by atoms with Crippen LogP contribution in [0.15, 0.2) is 23.8 Å². The van der Waals surface area contributed by atoms with E-state index in [1.807, 2.05) is 19.1 Å². The van der Waals surface area contributed by atoms with Crippen LogP contribution in [0.25, 0.3) is 0 Å². The van der Waals surface area contributed by atoms with Crippen LogP contribution < -0.4 is 0 Å². The maximum absolute atomic E-state index is 11.3. The van der Waals surface area contributed by atoms with E-state index in [0.717, 1.165) is 6.42 Å². The summed E-state index contributed by atoms with van der Waals surface area (Å²) in [4.78, 5) is 11.3. The number of hydrogen-bond acceptors (Lipinski definition) is 1. The fraction of sp³-hybridized carbons (Fsp3) is 0.545. The smallest absolute Gasteiger partial charge is 0.156 e. The number of carbonyl (C=O) groups is 1. The van der Waals surface area contributed by atoms with E-state index in [1.165, 1.54) is 5.57 Å². The summed E-state index contributed by atoms with van der Waals surface area (Å²) in [6.07, 6.45) is 7.49. The predicted molar refractivity (Wildman–Crippen MR) is 50.9 cm³/mol. The van der Waals surface area contributed by atoms with E-state index in [9.17, 15) is 4.79 Å². The van der Waals surface area contributed by atoms with E-state index in [0.29, 0.717) is 6.42 Å². The molecule has 0 aromatic carbocycles. The topological polar surface area (TPSA) is 17.1 Å². The van der Waals surface area contributed by atoms with Crippen molar-refractivity contribution in [1.29, 1.82) is 0 Å². The van der Waals surface area contributed by atoms with E-state index >= 15 is 0 Å². The van der Waals surface area contributed by atoms with Gasteiger partial charge < -0.3 is 0 Å². The Morgan fingerprint density at radius 2 is 2.08 bits per heavy atom. The summed E-state index contributed by atoms with van der Waals surface area (Å²) < 4.78 is 0. The maximum atomic E-state index is 11.3. The Kier molecular flexibility index (Phi) is 2.51. The van der Waals surface area contributed by atoms with Crippen LogP contribution >= 0.6 is 0 Å². The number of carbonyl (C=O) groups excluding carboxylic acids is 1. The van der Waals surface area contributed by atoms with Crippen molar-refractivity contribution >= 4 is 5.78 Å². The third kappa shape index (κ3) is 2.33. The first-order chi connectivity index (χ1) is 5.53. The minimum atomic E-state index is 0.153. The minimum absolute atomic E-state index is 0.153. The Labute approximate surface area is 74.2 Å². The molecule has 0 unspecified atom stereocenters. The van der Waals surface area contributed by atoms with Crippen molar-refractivity contribution in [3.63, 3.8) is 0 Å². The van der Waals surface area contributed by atoms with Crippen molar-refractivity contribution in [3.05, 3.63) is 23.8 Å². The van der Waals surface area contributed by atoms with Crippen molar-refractivity contribution in [2.45, 2.75) is 33.6 Å². The molecule has 0 aromatic rings. The molecular formula is C11H16O. The van der Waals surface area contributed by atoms with Gasteiger partial charge in [0.25, 0.3) is 0 Å². The summed E-state index contributed by atoms with van der Waals surface area (Å²) >= 11 is 0. The van der Waals surface area contributed by atoms with Crippen LogP contribution in [0.3, 0.4) is 0 Å². The molecule has 0 heterocycles. The molecule has 1 nitrogen and oxygen atoms in total. The average molecular weight is 164 g/mol. The maximum Gasteiger partial charge on any atom is 0.156 e. The number of rotatable bonds is 1. The molecule has 1 aliphatic rings. The molecule has 0 atom stereocenters. The Morgan fingerprint density at radius 3 is 2.58 bits per heavy atom. The van der Waals surface area contributed by atoms with Crippen LogP contribution in [-0.4, -0.2) is 5.78 Å². The predicted octanol–water partition coefficient (Wildman–Crippen LogP) is 2.88. The van der Waals surface area contributed by atoms with Crippen LogP contribution in [0.2, 0.25) is 0 Å². The Balaban J connectivity index is 2.83. The molecule has 0 radical (unpaired) electrons. The molecular weight excluding hydrogens is 148 g/mol. The van der Waals surface area contributed by atoms with Crippen LogP contribution in [-0.2, 0) is 4.79 Å². The molecule has 0 fully saturated rings. The molecule has 66 valence electrons. The zero-order valence-electron chi connectivity index (χ0n) is 8.05. The quantitative estimate of drug-likeness (QED) is 0.582. The summed E-state index contributed by atoms with van der Waals surface area (Å²) in [5, 5.41) is 0. The molecule has 12 heavy (non-hydrogen) atoms. The molecule has 0 saturated heterocycles. The molecule has 0 N–H and O–H groups in total. The third-order valence-electron chi connectivity index (χ3n) is 2.06. The minimum Gasteiger partial charge on any atom is -0.295 e. The van der Waals surface area contributed by atoms with Gasteiger partial charge in [0.1, 0.15) is 0 Å². The highest BCUT2D eigenvalue weighted by Crippen LogP contribution is 2.33. The van der Waals surface area contributed by atoms with Gasteiger partial charge in [-0.05, 0) is 30.4 Å². The van der Waals surface area contributed by atoms with E-state index < -0.39 is 0 Å². The van der Waals surface area contributed by atoms with Gasteiger partial charge in [-0.1, -0.05) is 26.0 Å². The van der Waals surface area contributed by atoms with Crippen molar-refractivity contribution < 1.29 is 4.79 Å². The molecule has 0 bridgehead atoms. The van der Waals surface area contributed by atoms with Crippen molar-refractivity contribution in [3.8, 4) is 0 Å². The van der Waals surface area contributed by atoms with Gasteiger partial charge in [0, 0.05) is 6.42 Å². The van der Waals surface area contributed by atoms with Gasteiger partial charge in [0.05, 0.1) is 0 Å². The molecule has 0 amide bonds. The van der Waals surface area contributed by atoms with Gasteiger partial charge in [-0.15, -0.1) is 0 Å². The van der Waals surface area contributed by atoms with Crippen LogP contribution in [0.1, 0.15) is 33.6 Å². The normalized spacial score (nSPS) is 22.9. The highest BCUT2D eigenvalue weighted by Gasteiger charge is 2.25. The van der Waals surface area contributed by atoms with Crippen LogP contribution in [0.4, 0.5) is 0 Å². The lowest BCUT2D eigenvalue weighted by molar-refractivity contribution is -0.116. The first-order valence-corrected chi connectivity index (χ1v) is 4.40. The fourth-order valence-electron chi connectivity index (χ4n) is 1.72. The zero-order valence-corrected chi connectivity index (χ0v) is 8.05. The first kappa shape index (κ1) is 9.24. The van der Waals surface area contributed by atoms with Gasteiger partial charge in [-0.2, -0.15) is 0 Å². The Morgan fingerprint density at radius 1 is 1.42 bits per heavy atom. The summed E-state index contributed by atoms with van der Waals surface area (Å²) in [7, 11) is 0. The van der Waals surface area contributed by atoms with E-state index in [4.69, 9.17) is 0 Å². The molecule has 1 aliphatic carbocycles. The summed E-state index contributed by atoms with van der Waals surface area (Å²) in [6.45, 7) is 6.26. The molecule has 0 saturated carbocycles. The standard InChI is InChI=1S/C11H16O/c1-4-5-9-6-10(12)8-11(2,3)7-9/h4-6H,7-8H2,1-3H3. The number of hydrogen-bond donors (Lipinski definition) is 0. The lowest BCUT2D eigenvalue weighted by atomic mass is 9.77. The van der Waals surface area contributed by atoms with Gasteiger partial charge in [0.2, 0.25) is 0 Å². The summed E-state index contributed by atoms with van der Waals surface area (Å²) in [5.74, 6) is 0.263. The van der Waals surface area contributed by atoms with Crippen LogP contribution in [0, 0.1) is 5.41 Å². The largest absolute Gasteiger partial charge is 0.295 e. The van der Waals surface area contributed by atoms with Gasteiger partial charge >= 0.3 is 0 Å². The van der Waals surface area contributed by atoms with Gasteiger partial charge in [-0.3, -0.25) is 4.79 Å². The lowest BCUT2D eigenvalue weighted by Gasteiger charge is -2.27. The number of ketones is 1. The molecule has 0 aromatic heterocycles. The second-order valence-corrected chi connectivity index (χ2v) is 4.20. The lowest BCUT2D eigenvalue weighted by Crippen LogP contribution is -2.21. The fourth-order valence-corrected chi connectivity index (χ4v) is 1.72. The van der Waals surface area contributed by atoms with Crippen molar-refractivity contribution in [2.75, 3.05) is 0 Å². The second kappa shape index (κ2) is 3.26. The van der Waals surface area contributed by atoms with Gasteiger partial charge in [-0.25, -0.2) is 0 Å². The van der Waals surface area contributed by atoms with Crippen molar-refractivity contribution in [2.24, 2.45) is 5.41 Å². The van der Waals surface area contributed by atoms with E-state index in [1.54, 1.807) is 6.08 Å². The zero-order chi connectivity index (χ0) is 9.19. The van der Waals surface area contributed by atoms with E-state index in [-0.39, 0.29) is 11.2 Å². The average Bonchev–Trinajstić information content (AvgIpc) is 1.82.